The van der Waals surface area contributed by atoms with Crippen LogP contribution in [-0.2, 0) is 0 Å². The lowest BCUT2D eigenvalue weighted by Gasteiger charge is -1.96. The number of halogens is 1. The standard InChI is InChI=1S/C8H5FN2O/c9-11-7-4-2-1-3-6(7)5-10-8(11)12/h1-5H. The fraction of sp³-hybridized carbons (Fsp3) is 0. The molecule has 12 heavy (non-hydrogen) atoms. The summed E-state index contributed by atoms with van der Waals surface area (Å²) in [5.74, 6) is 0. The van der Waals surface area contributed by atoms with Gasteiger partial charge in [0.1, 0.15) is 0 Å². The maximum absolute atomic E-state index is 12.9. The number of hydrogen-bond acceptors (Lipinski definition) is 2. The Morgan fingerprint density at radius 2 is 2.08 bits per heavy atom. The van der Waals surface area contributed by atoms with Crippen molar-refractivity contribution in [3.05, 3.63) is 40.9 Å². The summed E-state index contributed by atoms with van der Waals surface area (Å²) < 4.78 is 12.9. The molecule has 1 heterocycles. The summed E-state index contributed by atoms with van der Waals surface area (Å²) >= 11 is 0. The third-order valence-electron chi connectivity index (χ3n) is 1.63. The highest BCUT2D eigenvalue weighted by atomic mass is 19.2. The molecular weight excluding hydrogens is 159 g/mol. The van der Waals surface area contributed by atoms with E-state index in [1.165, 1.54) is 12.3 Å². The minimum absolute atomic E-state index is 0.0370. The highest BCUT2D eigenvalue weighted by Crippen LogP contribution is 2.08. The molecule has 0 N–H and O–H groups in total. The van der Waals surface area contributed by atoms with Gasteiger partial charge in [0.2, 0.25) is 0 Å². The van der Waals surface area contributed by atoms with Crippen molar-refractivity contribution in [2.45, 2.75) is 0 Å². The van der Waals surface area contributed by atoms with Gasteiger partial charge in [0, 0.05) is 11.6 Å². The fourth-order valence-corrected chi connectivity index (χ4v) is 1.05. The van der Waals surface area contributed by atoms with Crippen LogP contribution in [0.3, 0.4) is 0 Å². The molecule has 60 valence electrons. The van der Waals surface area contributed by atoms with E-state index >= 15 is 0 Å². The van der Waals surface area contributed by atoms with Gasteiger partial charge in [-0.25, -0.2) is 4.79 Å². The van der Waals surface area contributed by atoms with Gasteiger partial charge in [-0.1, -0.05) is 22.7 Å². The van der Waals surface area contributed by atoms with Crippen LogP contribution in [0.1, 0.15) is 0 Å². The molecule has 0 atom stereocenters. The first-order valence-electron chi connectivity index (χ1n) is 3.42. The molecule has 2 rings (SSSR count). The molecule has 1 aromatic heterocycles. The summed E-state index contributed by atoms with van der Waals surface area (Å²) in [5.41, 5.74) is -0.633. The smallest absolute Gasteiger partial charge is 0.243 e. The molecule has 4 heteroatoms. The van der Waals surface area contributed by atoms with Crippen LogP contribution in [0.25, 0.3) is 10.9 Å². The molecule has 0 aliphatic carbocycles. The molecule has 0 saturated heterocycles. The maximum atomic E-state index is 12.9. The molecule has 0 aliphatic heterocycles. The van der Waals surface area contributed by atoms with Crippen molar-refractivity contribution in [3.63, 3.8) is 0 Å². The van der Waals surface area contributed by atoms with E-state index < -0.39 is 5.69 Å². The van der Waals surface area contributed by atoms with Gasteiger partial charge < -0.3 is 0 Å². The third-order valence-corrected chi connectivity index (χ3v) is 1.63. The molecular formula is C8H5FN2O. The summed E-state index contributed by atoms with van der Waals surface area (Å²) in [5, 5.41) is 0.611. The van der Waals surface area contributed by atoms with E-state index in [9.17, 15) is 9.28 Å². The summed E-state index contributed by atoms with van der Waals surface area (Å²) in [6.07, 6.45) is 1.35. The summed E-state index contributed by atoms with van der Waals surface area (Å²) in [6.45, 7) is 0. The van der Waals surface area contributed by atoms with Crippen molar-refractivity contribution >= 4 is 10.9 Å². The molecule has 0 radical (unpaired) electrons. The van der Waals surface area contributed by atoms with Crippen LogP contribution in [0.2, 0.25) is 0 Å². The zero-order valence-electron chi connectivity index (χ0n) is 6.07. The Bertz CT molecular complexity index is 478. The van der Waals surface area contributed by atoms with E-state index in [1.807, 2.05) is 0 Å². The highest BCUT2D eigenvalue weighted by molar-refractivity contribution is 5.77. The molecule has 3 nitrogen and oxygen atoms in total. The van der Waals surface area contributed by atoms with E-state index in [4.69, 9.17) is 0 Å². The number of rotatable bonds is 0. The summed E-state index contributed by atoms with van der Waals surface area (Å²) in [7, 11) is 0. The monoisotopic (exact) mass is 164 g/mol. The lowest BCUT2D eigenvalue weighted by Crippen LogP contribution is -2.16. The van der Waals surface area contributed by atoms with E-state index in [2.05, 4.69) is 4.98 Å². The minimum atomic E-state index is -0.881. The first kappa shape index (κ1) is 6.97. The lowest BCUT2D eigenvalue weighted by molar-refractivity contribution is 0.363. The van der Waals surface area contributed by atoms with Crippen molar-refractivity contribution in [2.75, 3.05) is 0 Å². The number of para-hydroxylation sites is 1. The van der Waals surface area contributed by atoms with E-state index in [1.54, 1.807) is 18.2 Å². The van der Waals surface area contributed by atoms with Crippen LogP contribution in [0, 0.1) is 0 Å². The Morgan fingerprint density at radius 3 is 2.92 bits per heavy atom. The van der Waals surface area contributed by atoms with Gasteiger partial charge in [-0.05, 0) is 6.07 Å². The Hall–Kier alpha value is -1.71. The van der Waals surface area contributed by atoms with Crippen LogP contribution in [0.4, 0.5) is 4.48 Å². The van der Waals surface area contributed by atoms with Gasteiger partial charge in [0.25, 0.3) is 0 Å². The zero-order chi connectivity index (χ0) is 8.55. The minimum Gasteiger partial charge on any atom is -0.243 e. The Morgan fingerprint density at radius 1 is 1.33 bits per heavy atom. The van der Waals surface area contributed by atoms with Crippen molar-refractivity contribution in [3.8, 4) is 0 Å². The Labute approximate surface area is 67.0 Å². The second-order valence-corrected chi connectivity index (χ2v) is 2.38. The second kappa shape index (κ2) is 2.41. The van der Waals surface area contributed by atoms with Crippen LogP contribution in [-0.4, -0.2) is 9.77 Å². The number of aromatic nitrogens is 2. The molecule has 2 aromatic rings. The first-order valence-corrected chi connectivity index (χ1v) is 3.42. The number of fused-ring (bicyclic) bond motifs is 1. The zero-order valence-corrected chi connectivity index (χ0v) is 6.07. The number of hydrogen-bond donors (Lipinski definition) is 0. The average molecular weight is 164 g/mol. The van der Waals surface area contributed by atoms with Crippen LogP contribution >= 0.6 is 0 Å². The number of nitrogens with zero attached hydrogens (tertiary/aromatic N) is 2. The molecule has 0 aliphatic rings. The van der Waals surface area contributed by atoms with Gasteiger partial charge in [-0.3, -0.25) is 0 Å². The Balaban J connectivity index is 3.01. The van der Waals surface area contributed by atoms with Gasteiger partial charge in [-0.15, -0.1) is 4.79 Å². The average Bonchev–Trinajstić information content (AvgIpc) is 2.12. The Kier molecular flexibility index (Phi) is 1.40. The largest absolute Gasteiger partial charge is 0.376 e. The van der Waals surface area contributed by atoms with Gasteiger partial charge in [-0.2, -0.15) is 4.98 Å². The molecule has 0 saturated carbocycles. The van der Waals surface area contributed by atoms with Crippen LogP contribution in [0.5, 0.6) is 0 Å². The van der Waals surface area contributed by atoms with E-state index in [0.29, 0.717) is 5.39 Å². The van der Waals surface area contributed by atoms with Crippen molar-refractivity contribution in [2.24, 2.45) is 0 Å². The lowest BCUT2D eigenvalue weighted by atomic mass is 10.2. The molecule has 0 unspecified atom stereocenters. The molecule has 0 amide bonds. The SMILES string of the molecule is O=c1ncc2ccccc2n1F. The molecule has 0 spiro atoms. The normalized spacial score (nSPS) is 10.4. The van der Waals surface area contributed by atoms with E-state index in [0.717, 1.165) is 0 Å². The molecule has 0 fully saturated rings. The fourth-order valence-electron chi connectivity index (χ4n) is 1.05. The number of benzene rings is 1. The first-order chi connectivity index (χ1) is 5.79. The molecule has 1 aromatic carbocycles. The van der Waals surface area contributed by atoms with Crippen molar-refractivity contribution in [1.29, 1.82) is 0 Å². The topological polar surface area (TPSA) is 34.9 Å². The van der Waals surface area contributed by atoms with Crippen LogP contribution in [0.15, 0.2) is 35.3 Å². The summed E-state index contributed by atoms with van der Waals surface area (Å²) in [6, 6.07) is 6.64. The van der Waals surface area contributed by atoms with Gasteiger partial charge in [0.15, 0.2) is 0 Å². The van der Waals surface area contributed by atoms with Crippen molar-refractivity contribution in [1.82, 2.24) is 9.77 Å². The highest BCUT2D eigenvalue weighted by Gasteiger charge is 2.00. The van der Waals surface area contributed by atoms with Crippen LogP contribution < -0.4 is 5.69 Å². The second-order valence-electron chi connectivity index (χ2n) is 2.38. The van der Waals surface area contributed by atoms with Gasteiger partial charge in [0.05, 0.1) is 5.52 Å². The van der Waals surface area contributed by atoms with Crippen molar-refractivity contribution < 1.29 is 4.48 Å². The molecule has 0 bridgehead atoms. The van der Waals surface area contributed by atoms with Gasteiger partial charge >= 0.3 is 5.69 Å². The predicted octanol–water partition coefficient (Wildman–Crippen LogP) is 1.13. The quantitative estimate of drug-likeness (QED) is 0.585. The van der Waals surface area contributed by atoms with E-state index in [-0.39, 0.29) is 10.3 Å². The maximum Gasteiger partial charge on any atom is 0.376 e. The summed E-state index contributed by atoms with van der Waals surface area (Å²) in [4.78, 5) is 14.1. The predicted molar refractivity (Wildman–Crippen MR) is 42.5 cm³/mol. The third kappa shape index (κ3) is 0.887.